The lowest BCUT2D eigenvalue weighted by Gasteiger charge is -2.19. The van der Waals surface area contributed by atoms with E-state index in [0.29, 0.717) is 19.4 Å². The number of hydrogen-bond acceptors (Lipinski definition) is 5. The molecule has 0 fully saturated rings. The minimum Gasteiger partial charge on any atom is -0.325 e. The van der Waals surface area contributed by atoms with Crippen molar-refractivity contribution in [2.24, 2.45) is 0 Å². The molecule has 1 atom stereocenters. The van der Waals surface area contributed by atoms with Crippen molar-refractivity contribution in [3.63, 3.8) is 0 Å². The first kappa shape index (κ1) is 21.3. The summed E-state index contributed by atoms with van der Waals surface area (Å²) < 4.78 is 0. The number of hydrogen-bond donors (Lipinski definition) is 2. The van der Waals surface area contributed by atoms with Gasteiger partial charge in [0.1, 0.15) is 0 Å². The molecule has 32 heavy (non-hydrogen) atoms. The van der Waals surface area contributed by atoms with Crippen molar-refractivity contribution in [3.05, 3.63) is 109 Å². The predicted octanol–water partition coefficient (Wildman–Crippen LogP) is 3.92. The van der Waals surface area contributed by atoms with Gasteiger partial charge in [-0.1, -0.05) is 42.5 Å². The molecular formula is C26H25N5O. The number of benzene rings is 2. The maximum Gasteiger partial charge on any atom is 0.241 e. The lowest BCUT2D eigenvalue weighted by Crippen LogP contribution is -2.43. The molecule has 6 nitrogen and oxygen atoms in total. The summed E-state index contributed by atoms with van der Waals surface area (Å²) in [6.45, 7) is 0.626. The maximum absolute atomic E-state index is 13.2. The molecule has 1 amide bonds. The summed E-state index contributed by atoms with van der Waals surface area (Å²) in [7, 11) is 0. The molecule has 0 aliphatic rings. The smallest absolute Gasteiger partial charge is 0.241 e. The van der Waals surface area contributed by atoms with Crippen LogP contribution in [0.2, 0.25) is 0 Å². The Kier molecular flexibility index (Phi) is 7.29. The molecule has 2 aromatic heterocycles. The van der Waals surface area contributed by atoms with Crippen LogP contribution in [0.25, 0.3) is 11.1 Å². The molecule has 2 N–H and O–H groups in total. The van der Waals surface area contributed by atoms with E-state index < -0.39 is 0 Å². The van der Waals surface area contributed by atoms with Crippen LogP contribution in [0.15, 0.2) is 97.7 Å². The number of rotatable bonds is 9. The number of anilines is 1. The van der Waals surface area contributed by atoms with E-state index in [0.717, 1.165) is 28.1 Å². The Labute approximate surface area is 187 Å². The lowest BCUT2D eigenvalue weighted by molar-refractivity contribution is -0.118. The van der Waals surface area contributed by atoms with Crippen molar-refractivity contribution in [1.29, 1.82) is 0 Å². The normalized spacial score (nSPS) is 11.6. The average Bonchev–Trinajstić information content (AvgIpc) is 2.85. The minimum atomic E-state index is -0.376. The van der Waals surface area contributed by atoms with Crippen LogP contribution in [-0.2, 0) is 17.6 Å². The second-order valence-corrected chi connectivity index (χ2v) is 7.45. The highest BCUT2D eigenvalue weighted by Crippen LogP contribution is 2.22. The zero-order valence-electron chi connectivity index (χ0n) is 17.7. The summed E-state index contributed by atoms with van der Waals surface area (Å²) in [5, 5.41) is 6.47. The SMILES string of the molecule is O=C(Nc1cccc(-c2ccncc2)c1)[C@H](Cc1ccccc1)NCCc1cnccn1. The molecule has 6 heteroatoms. The van der Waals surface area contributed by atoms with Gasteiger partial charge in [0.2, 0.25) is 5.91 Å². The fourth-order valence-corrected chi connectivity index (χ4v) is 3.49. The summed E-state index contributed by atoms with van der Waals surface area (Å²) in [5.41, 5.74) is 4.84. The van der Waals surface area contributed by atoms with E-state index >= 15 is 0 Å². The molecule has 160 valence electrons. The highest BCUT2D eigenvalue weighted by Gasteiger charge is 2.19. The van der Waals surface area contributed by atoms with Crippen molar-refractivity contribution >= 4 is 11.6 Å². The Bertz CT molecular complexity index is 1120. The molecule has 4 aromatic rings. The van der Waals surface area contributed by atoms with Gasteiger partial charge in [-0.15, -0.1) is 0 Å². The molecule has 0 unspecified atom stereocenters. The number of pyridine rings is 1. The topological polar surface area (TPSA) is 79.8 Å². The standard InChI is InChI=1S/C26H25N5O/c32-26(31-23-8-4-7-22(18-23)21-9-12-27-13-10-21)25(17-20-5-2-1-3-6-20)30-14-11-24-19-28-15-16-29-24/h1-10,12-13,15-16,18-19,25,30H,11,14,17H2,(H,31,32)/t25-/m0/s1. The van der Waals surface area contributed by atoms with Gasteiger partial charge in [0, 0.05) is 49.6 Å². The van der Waals surface area contributed by atoms with Crippen molar-refractivity contribution in [1.82, 2.24) is 20.3 Å². The molecule has 0 aliphatic heterocycles. The van der Waals surface area contributed by atoms with E-state index in [9.17, 15) is 4.79 Å². The fourth-order valence-electron chi connectivity index (χ4n) is 3.49. The Morgan fingerprint density at radius 3 is 2.47 bits per heavy atom. The van der Waals surface area contributed by atoms with Gasteiger partial charge in [0.25, 0.3) is 0 Å². The van der Waals surface area contributed by atoms with Crippen molar-refractivity contribution in [3.8, 4) is 11.1 Å². The summed E-state index contributed by atoms with van der Waals surface area (Å²) in [6, 6.07) is 21.4. The van der Waals surface area contributed by atoms with Gasteiger partial charge < -0.3 is 10.6 Å². The Morgan fingerprint density at radius 1 is 0.844 bits per heavy atom. The second kappa shape index (κ2) is 10.9. The van der Waals surface area contributed by atoms with Gasteiger partial charge in [-0.05, 0) is 47.4 Å². The van der Waals surface area contributed by atoms with E-state index in [4.69, 9.17) is 0 Å². The zero-order chi connectivity index (χ0) is 22.0. The van der Waals surface area contributed by atoms with Crippen molar-refractivity contribution in [2.45, 2.75) is 18.9 Å². The van der Waals surface area contributed by atoms with Gasteiger partial charge in [-0.2, -0.15) is 0 Å². The summed E-state index contributed by atoms with van der Waals surface area (Å²) in [4.78, 5) is 25.7. The zero-order valence-corrected chi connectivity index (χ0v) is 17.7. The number of nitrogens with zero attached hydrogens (tertiary/aromatic N) is 3. The van der Waals surface area contributed by atoms with E-state index in [2.05, 4.69) is 25.6 Å². The minimum absolute atomic E-state index is 0.0696. The summed E-state index contributed by atoms with van der Waals surface area (Å²) >= 11 is 0. The van der Waals surface area contributed by atoms with E-state index in [-0.39, 0.29) is 11.9 Å². The molecule has 0 saturated carbocycles. The molecule has 2 aromatic carbocycles. The average molecular weight is 424 g/mol. The first-order valence-electron chi connectivity index (χ1n) is 10.6. The first-order chi connectivity index (χ1) is 15.8. The molecule has 0 spiro atoms. The molecule has 0 saturated heterocycles. The summed E-state index contributed by atoms with van der Waals surface area (Å²) in [6.07, 6.45) is 9.90. The third-order valence-electron chi connectivity index (χ3n) is 5.13. The third kappa shape index (κ3) is 6.06. The molecule has 0 aliphatic carbocycles. The highest BCUT2D eigenvalue weighted by molar-refractivity contribution is 5.95. The Hall–Kier alpha value is -3.90. The van der Waals surface area contributed by atoms with Crippen LogP contribution in [0.5, 0.6) is 0 Å². The highest BCUT2D eigenvalue weighted by atomic mass is 16.2. The fraction of sp³-hybridized carbons (Fsp3) is 0.154. The van der Waals surface area contributed by atoms with Crippen molar-refractivity contribution < 1.29 is 4.79 Å². The molecular weight excluding hydrogens is 398 g/mol. The van der Waals surface area contributed by atoms with Gasteiger partial charge in [0.05, 0.1) is 11.7 Å². The Balaban J connectivity index is 1.45. The maximum atomic E-state index is 13.2. The number of nitrogens with one attached hydrogen (secondary N) is 2. The molecule has 0 bridgehead atoms. The van der Waals surface area contributed by atoms with Crippen LogP contribution in [0.3, 0.4) is 0 Å². The van der Waals surface area contributed by atoms with Crippen molar-refractivity contribution in [2.75, 3.05) is 11.9 Å². The van der Waals surface area contributed by atoms with Crippen LogP contribution >= 0.6 is 0 Å². The van der Waals surface area contributed by atoms with E-state index in [1.54, 1.807) is 31.0 Å². The van der Waals surface area contributed by atoms with Gasteiger partial charge in [-0.3, -0.25) is 19.7 Å². The van der Waals surface area contributed by atoms with Crippen LogP contribution in [0.4, 0.5) is 5.69 Å². The van der Waals surface area contributed by atoms with Gasteiger partial charge in [-0.25, -0.2) is 0 Å². The monoisotopic (exact) mass is 423 g/mol. The van der Waals surface area contributed by atoms with Gasteiger partial charge >= 0.3 is 0 Å². The molecule has 4 rings (SSSR count). The molecule has 2 heterocycles. The lowest BCUT2D eigenvalue weighted by atomic mass is 10.0. The number of carbonyl (C=O) groups excluding carboxylic acids is 1. The van der Waals surface area contributed by atoms with Crippen LogP contribution in [0.1, 0.15) is 11.3 Å². The predicted molar refractivity (Wildman–Crippen MR) is 126 cm³/mol. The quantitative estimate of drug-likeness (QED) is 0.427. The van der Waals surface area contributed by atoms with Gasteiger partial charge in [0.15, 0.2) is 0 Å². The third-order valence-corrected chi connectivity index (χ3v) is 5.13. The number of aromatic nitrogens is 3. The van der Waals surface area contributed by atoms with Crippen LogP contribution < -0.4 is 10.6 Å². The van der Waals surface area contributed by atoms with Crippen LogP contribution in [-0.4, -0.2) is 33.4 Å². The van der Waals surface area contributed by atoms with E-state index in [1.807, 2.05) is 66.7 Å². The first-order valence-corrected chi connectivity index (χ1v) is 10.6. The molecule has 0 radical (unpaired) electrons. The second-order valence-electron chi connectivity index (χ2n) is 7.45. The Morgan fingerprint density at radius 2 is 1.69 bits per heavy atom. The number of amides is 1. The number of carbonyl (C=O) groups is 1. The van der Waals surface area contributed by atoms with E-state index in [1.165, 1.54) is 0 Å². The summed E-state index contributed by atoms with van der Waals surface area (Å²) in [5.74, 6) is -0.0696. The van der Waals surface area contributed by atoms with Crippen LogP contribution in [0, 0.1) is 0 Å². The largest absolute Gasteiger partial charge is 0.325 e.